The van der Waals surface area contributed by atoms with Gasteiger partial charge in [0, 0.05) is 44.3 Å². The molecule has 1 aliphatic rings. The number of Topliss-reactive ketones (excluding diaryl/α,β-unsaturated/α-hetero) is 1. The number of aromatic nitrogens is 1. The molecule has 2 heterocycles. The van der Waals surface area contributed by atoms with E-state index < -0.39 is 17.2 Å². The molecule has 3 rings (SSSR count). The Morgan fingerprint density at radius 2 is 1.85 bits per heavy atom. The summed E-state index contributed by atoms with van der Waals surface area (Å²) in [5.74, 6) is -1.78. The second kappa shape index (κ2) is 7.48. The number of aromatic carboxylic acids is 1. The van der Waals surface area contributed by atoms with Crippen LogP contribution in [0, 0.1) is 5.82 Å². The molecule has 0 amide bonds. The van der Waals surface area contributed by atoms with Crippen molar-refractivity contribution in [2.45, 2.75) is 20.4 Å². The van der Waals surface area contributed by atoms with Crippen LogP contribution in [0.4, 0.5) is 10.1 Å². The maximum atomic E-state index is 14.8. The minimum absolute atomic E-state index is 0.0632. The Morgan fingerprint density at radius 1 is 1.19 bits per heavy atom. The van der Waals surface area contributed by atoms with Gasteiger partial charge in [-0.15, -0.1) is 0 Å². The number of carbonyl (C=O) groups is 2. The second-order valence-corrected chi connectivity index (χ2v) is 6.75. The minimum Gasteiger partial charge on any atom is -0.477 e. The Balaban J connectivity index is 2.00. The number of hydrogen-bond donors (Lipinski definition) is 1. The smallest absolute Gasteiger partial charge is 0.341 e. The van der Waals surface area contributed by atoms with Crippen LogP contribution < -0.4 is 10.3 Å². The highest BCUT2D eigenvalue weighted by Crippen LogP contribution is 2.26. The maximum absolute atomic E-state index is 14.8. The van der Waals surface area contributed by atoms with E-state index in [1.165, 1.54) is 6.20 Å². The molecule has 0 aliphatic carbocycles. The summed E-state index contributed by atoms with van der Waals surface area (Å²) >= 11 is 0. The van der Waals surface area contributed by atoms with Crippen LogP contribution in [-0.2, 0) is 11.3 Å². The largest absolute Gasteiger partial charge is 0.477 e. The van der Waals surface area contributed by atoms with Gasteiger partial charge in [0.15, 0.2) is 0 Å². The molecule has 2 aromatic rings. The molecule has 0 unspecified atom stereocenters. The van der Waals surface area contributed by atoms with E-state index in [9.17, 15) is 23.9 Å². The van der Waals surface area contributed by atoms with Crippen molar-refractivity contribution in [3.8, 4) is 0 Å². The van der Waals surface area contributed by atoms with Gasteiger partial charge in [0.05, 0.1) is 17.7 Å². The molecule has 1 fully saturated rings. The fourth-order valence-electron chi connectivity index (χ4n) is 3.52. The van der Waals surface area contributed by atoms with Crippen LogP contribution in [0.25, 0.3) is 10.9 Å². The molecule has 1 N–H and O–H groups in total. The van der Waals surface area contributed by atoms with Crippen LogP contribution in [0.15, 0.2) is 23.1 Å². The van der Waals surface area contributed by atoms with E-state index in [0.717, 1.165) is 6.07 Å². The summed E-state index contributed by atoms with van der Waals surface area (Å²) in [4.78, 5) is 38.9. The first kappa shape index (κ1) is 19.0. The number of rotatable bonds is 5. The molecule has 0 atom stereocenters. The monoisotopic (exact) mass is 375 g/mol. The van der Waals surface area contributed by atoms with Crippen LogP contribution in [0.3, 0.4) is 0 Å². The number of halogens is 1. The molecule has 1 aromatic carbocycles. The van der Waals surface area contributed by atoms with Crippen LogP contribution in [0.2, 0.25) is 0 Å². The van der Waals surface area contributed by atoms with E-state index in [0.29, 0.717) is 50.5 Å². The van der Waals surface area contributed by atoms with Gasteiger partial charge in [-0.05, 0) is 26.0 Å². The van der Waals surface area contributed by atoms with Crippen molar-refractivity contribution in [1.29, 1.82) is 0 Å². The summed E-state index contributed by atoms with van der Waals surface area (Å²) in [6, 6.07) is 2.75. The average molecular weight is 375 g/mol. The number of aryl methyl sites for hydroxylation is 1. The molecule has 144 valence electrons. The molecule has 27 heavy (non-hydrogen) atoms. The van der Waals surface area contributed by atoms with Crippen LogP contribution in [0.5, 0.6) is 0 Å². The van der Waals surface area contributed by atoms with Crippen LogP contribution in [-0.4, -0.2) is 59.0 Å². The van der Waals surface area contributed by atoms with Crippen molar-refractivity contribution in [2.75, 3.05) is 37.6 Å². The molecular weight excluding hydrogens is 353 g/mol. The quantitative estimate of drug-likeness (QED) is 0.854. The Labute approximate surface area is 155 Å². The van der Waals surface area contributed by atoms with Crippen molar-refractivity contribution in [3.63, 3.8) is 0 Å². The molecular formula is C19H22FN3O4. The standard InChI is InChI=1S/C19H22FN3O4/c1-3-22-11-14(19(26)27)18(25)13-8-15(20)17(9-16(13)22)23-6-4-21(5-7-23)10-12(2)24/h8-9,11H,3-7,10H2,1-2H3,(H,26,27). The fraction of sp³-hybridized carbons (Fsp3) is 0.421. The number of anilines is 1. The molecule has 1 saturated heterocycles. The zero-order chi connectivity index (χ0) is 19.7. The van der Waals surface area contributed by atoms with Gasteiger partial charge >= 0.3 is 5.97 Å². The molecule has 0 bridgehead atoms. The van der Waals surface area contributed by atoms with Crippen molar-refractivity contribution in [1.82, 2.24) is 9.47 Å². The summed E-state index contributed by atoms with van der Waals surface area (Å²) < 4.78 is 16.4. The van der Waals surface area contributed by atoms with Gasteiger partial charge in [-0.2, -0.15) is 0 Å². The number of carboxylic acid groups (broad SMARTS) is 1. The number of ketones is 1. The SMILES string of the molecule is CCn1cc(C(=O)O)c(=O)c2cc(F)c(N3CCN(CC(C)=O)CC3)cc21. The molecule has 7 nitrogen and oxygen atoms in total. The summed E-state index contributed by atoms with van der Waals surface area (Å²) in [6.45, 7) is 6.66. The van der Waals surface area contributed by atoms with E-state index in [-0.39, 0.29) is 16.7 Å². The Morgan fingerprint density at radius 3 is 2.41 bits per heavy atom. The average Bonchev–Trinajstić information content (AvgIpc) is 2.62. The van der Waals surface area contributed by atoms with Gasteiger partial charge in [-0.25, -0.2) is 9.18 Å². The van der Waals surface area contributed by atoms with Crippen LogP contribution >= 0.6 is 0 Å². The van der Waals surface area contributed by atoms with Crippen LogP contribution in [0.1, 0.15) is 24.2 Å². The number of pyridine rings is 1. The van der Waals surface area contributed by atoms with Gasteiger partial charge in [-0.3, -0.25) is 14.5 Å². The molecule has 0 radical (unpaired) electrons. The Hall–Kier alpha value is -2.74. The topological polar surface area (TPSA) is 82.8 Å². The summed E-state index contributed by atoms with van der Waals surface area (Å²) in [6.07, 6.45) is 1.31. The molecule has 1 aliphatic heterocycles. The third-order valence-electron chi connectivity index (χ3n) is 4.88. The third kappa shape index (κ3) is 3.71. The highest BCUT2D eigenvalue weighted by molar-refractivity contribution is 5.93. The highest BCUT2D eigenvalue weighted by Gasteiger charge is 2.22. The predicted octanol–water partition coefficient (Wildman–Crippen LogP) is 1.57. The zero-order valence-electron chi connectivity index (χ0n) is 15.4. The number of fused-ring (bicyclic) bond motifs is 1. The number of hydrogen-bond acceptors (Lipinski definition) is 5. The lowest BCUT2D eigenvalue weighted by Gasteiger charge is -2.35. The number of carboxylic acids is 1. The van der Waals surface area contributed by atoms with Crippen molar-refractivity contribution < 1.29 is 19.1 Å². The van der Waals surface area contributed by atoms with Gasteiger partial charge in [0.25, 0.3) is 0 Å². The third-order valence-corrected chi connectivity index (χ3v) is 4.88. The predicted molar refractivity (Wildman–Crippen MR) is 100 cm³/mol. The van der Waals surface area contributed by atoms with E-state index >= 15 is 0 Å². The van der Waals surface area contributed by atoms with Gasteiger partial charge in [-0.1, -0.05) is 0 Å². The van der Waals surface area contributed by atoms with Crippen molar-refractivity contribution in [2.24, 2.45) is 0 Å². The van der Waals surface area contributed by atoms with E-state index in [2.05, 4.69) is 0 Å². The van der Waals surface area contributed by atoms with Gasteiger partial charge < -0.3 is 14.6 Å². The lowest BCUT2D eigenvalue weighted by Crippen LogP contribution is -2.48. The van der Waals surface area contributed by atoms with Crippen molar-refractivity contribution in [3.05, 3.63) is 39.9 Å². The lowest BCUT2D eigenvalue weighted by molar-refractivity contribution is -0.118. The first-order chi connectivity index (χ1) is 12.8. The first-order valence-corrected chi connectivity index (χ1v) is 8.88. The number of benzene rings is 1. The summed E-state index contributed by atoms with van der Waals surface area (Å²) in [7, 11) is 0. The molecule has 1 aromatic heterocycles. The minimum atomic E-state index is -1.32. The first-order valence-electron chi connectivity index (χ1n) is 8.88. The molecule has 0 spiro atoms. The second-order valence-electron chi connectivity index (χ2n) is 6.75. The fourth-order valence-corrected chi connectivity index (χ4v) is 3.52. The number of nitrogens with zero attached hydrogens (tertiary/aromatic N) is 3. The zero-order valence-corrected chi connectivity index (χ0v) is 15.4. The summed E-state index contributed by atoms with van der Waals surface area (Å²) in [5.41, 5.74) is -0.155. The molecule has 0 saturated carbocycles. The maximum Gasteiger partial charge on any atom is 0.341 e. The lowest BCUT2D eigenvalue weighted by atomic mass is 10.1. The van der Waals surface area contributed by atoms with Crippen molar-refractivity contribution >= 4 is 28.3 Å². The Kier molecular flexibility index (Phi) is 5.27. The van der Waals surface area contributed by atoms with E-state index in [4.69, 9.17) is 0 Å². The molecule has 8 heteroatoms. The van der Waals surface area contributed by atoms with Gasteiger partial charge in [0.1, 0.15) is 17.2 Å². The number of carbonyl (C=O) groups excluding carboxylic acids is 1. The van der Waals surface area contributed by atoms with Gasteiger partial charge in [0.2, 0.25) is 5.43 Å². The number of piperazine rings is 1. The Bertz CT molecular complexity index is 962. The highest BCUT2D eigenvalue weighted by atomic mass is 19.1. The van der Waals surface area contributed by atoms with E-state index in [1.54, 1.807) is 17.6 Å². The summed E-state index contributed by atoms with van der Waals surface area (Å²) in [5, 5.41) is 9.28. The van der Waals surface area contributed by atoms with E-state index in [1.807, 2.05) is 16.7 Å². The normalized spacial score (nSPS) is 15.3.